The van der Waals surface area contributed by atoms with Gasteiger partial charge in [0.15, 0.2) is 12.4 Å². The highest BCUT2D eigenvalue weighted by Gasteiger charge is 2.31. The van der Waals surface area contributed by atoms with Crippen molar-refractivity contribution in [1.29, 1.82) is 0 Å². The molecule has 142 valence electrons. The molecule has 1 heterocycles. The Hall–Kier alpha value is -2.70. The Morgan fingerprint density at radius 3 is 2.35 bits per heavy atom. The van der Waals surface area contributed by atoms with Gasteiger partial charge in [-0.3, -0.25) is 4.79 Å². The van der Waals surface area contributed by atoms with Crippen LogP contribution in [0.4, 0.5) is 18.9 Å². The molecular weight excluding hydrogens is 347 g/mol. The second-order valence-corrected chi connectivity index (χ2v) is 4.59. The monoisotopic (exact) mass is 369 g/mol. The predicted molar refractivity (Wildman–Crippen MR) is 95.4 cm³/mol. The fourth-order valence-corrected chi connectivity index (χ4v) is 2.20. The summed E-state index contributed by atoms with van der Waals surface area (Å²) in [6.07, 6.45) is -4.75. The van der Waals surface area contributed by atoms with Gasteiger partial charge < -0.3 is 14.8 Å². The predicted octanol–water partition coefficient (Wildman–Crippen LogP) is 5.64. The molecule has 0 unspecified atom stereocenters. The van der Waals surface area contributed by atoms with Crippen LogP contribution in [0.1, 0.15) is 27.7 Å². The second-order valence-electron chi connectivity index (χ2n) is 4.59. The minimum Gasteiger partial charge on any atom is -0.481 e. The highest BCUT2D eigenvalue weighted by atomic mass is 19.4. The first-order valence-corrected chi connectivity index (χ1v) is 8.34. The Morgan fingerprint density at radius 1 is 1.04 bits per heavy atom. The van der Waals surface area contributed by atoms with Gasteiger partial charge in [-0.05, 0) is 23.8 Å². The quantitative estimate of drug-likeness (QED) is 0.746. The summed E-state index contributed by atoms with van der Waals surface area (Å²) in [5.74, 6) is -0.174. The number of alkyl halides is 3. The molecule has 26 heavy (non-hydrogen) atoms. The molecule has 0 saturated carbocycles. The molecule has 0 spiro atoms. The topological polar surface area (TPSA) is 47.6 Å². The van der Waals surface area contributed by atoms with Crippen LogP contribution in [0.25, 0.3) is 11.1 Å². The standard InChI is InChI=1S/C15H10F3NO3.2C2H6/c16-15(17,18)22-10-4-1-3-9(7-10)11-5-2-6-12-14(11)21-8-13(20)19-12;2*1-2/h1-7H,8H2,(H,19,20);2*1-2H3. The lowest BCUT2D eigenvalue weighted by Crippen LogP contribution is -2.25. The van der Waals surface area contributed by atoms with Crippen molar-refractivity contribution >= 4 is 11.6 Å². The maximum atomic E-state index is 12.3. The maximum absolute atomic E-state index is 12.3. The van der Waals surface area contributed by atoms with Crippen LogP contribution in [0.3, 0.4) is 0 Å². The summed E-state index contributed by atoms with van der Waals surface area (Å²) in [4.78, 5) is 11.3. The van der Waals surface area contributed by atoms with E-state index in [1.54, 1.807) is 24.3 Å². The van der Waals surface area contributed by atoms with Crippen molar-refractivity contribution in [2.45, 2.75) is 34.1 Å². The molecule has 2 aromatic carbocycles. The summed E-state index contributed by atoms with van der Waals surface area (Å²) in [6, 6.07) is 10.6. The Labute approximate surface area is 150 Å². The molecule has 1 aliphatic heterocycles. The molecule has 0 aliphatic carbocycles. The summed E-state index contributed by atoms with van der Waals surface area (Å²) in [5, 5.41) is 2.65. The smallest absolute Gasteiger partial charge is 0.481 e. The Morgan fingerprint density at radius 2 is 1.69 bits per heavy atom. The average molecular weight is 369 g/mol. The lowest BCUT2D eigenvalue weighted by molar-refractivity contribution is -0.274. The van der Waals surface area contributed by atoms with Crippen molar-refractivity contribution < 1.29 is 27.4 Å². The van der Waals surface area contributed by atoms with Crippen molar-refractivity contribution in [3.63, 3.8) is 0 Å². The number of anilines is 1. The number of rotatable bonds is 2. The van der Waals surface area contributed by atoms with Gasteiger partial charge in [-0.25, -0.2) is 0 Å². The largest absolute Gasteiger partial charge is 0.573 e. The van der Waals surface area contributed by atoms with Crippen LogP contribution < -0.4 is 14.8 Å². The zero-order chi connectivity index (χ0) is 19.7. The summed E-state index contributed by atoms with van der Waals surface area (Å²) < 4.78 is 46.2. The van der Waals surface area contributed by atoms with Gasteiger partial charge in [-0.1, -0.05) is 52.0 Å². The van der Waals surface area contributed by atoms with Gasteiger partial charge in [0.05, 0.1) is 5.69 Å². The normalized spacial score (nSPS) is 12.2. The molecule has 1 N–H and O–H groups in total. The number of amides is 1. The van der Waals surface area contributed by atoms with Crippen molar-refractivity contribution in [2.24, 2.45) is 0 Å². The first-order valence-electron chi connectivity index (χ1n) is 8.34. The van der Waals surface area contributed by atoms with Crippen molar-refractivity contribution in [3.05, 3.63) is 42.5 Å². The fourth-order valence-electron chi connectivity index (χ4n) is 2.20. The molecule has 0 aromatic heterocycles. The number of hydrogen-bond acceptors (Lipinski definition) is 3. The molecule has 2 aromatic rings. The molecule has 0 saturated heterocycles. The van der Waals surface area contributed by atoms with E-state index in [0.29, 0.717) is 22.6 Å². The molecule has 0 radical (unpaired) electrons. The van der Waals surface area contributed by atoms with Gasteiger partial charge in [0.25, 0.3) is 5.91 Å². The number of benzene rings is 2. The molecule has 1 aliphatic rings. The summed E-state index contributed by atoms with van der Waals surface area (Å²) >= 11 is 0. The van der Waals surface area contributed by atoms with Crippen molar-refractivity contribution in [1.82, 2.24) is 0 Å². The van der Waals surface area contributed by atoms with Gasteiger partial charge in [-0.2, -0.15) is 0 Å². The number of ether oxygens (including phenoxy) is 2. The highest BCUT2D eigenvalue weighted by Crippen LogP contribution is 2.39. The summed E-state index contributed by atoms with van der Waals surface area (Å²) in [6.45, 7) is 7.86. The average Bonchev–Trinajstić information content (AvgIpc) is 2.63. The molecule has 7 heteroatoms. The highest BCUT2D eigenvalue weighted by molar-refractivity contribution is 5.97. The lowest BCUT2D eigenvalue weighted by Gasteiger charge is -2.21. The lowest BCUT2D eigenvalue weighted by atomic mass is 10.0. The molecule has 0 atom stereocenters. The minimum atomic E-state index is -4.75. The third-order valence-electron chi connectivity index (χ3n) is 3.02. The third-order valence-corrected chi connectivity index (χ3v) is 3.02. The summed E-state index contributed by atoms with van der Waals surface area (Å²) in [5.41, 5.74) is 1.55. The molecule has 3 rings (SSSR count). The van der Waals surface area contributed by atoms with Gasteiger partial charge in [0, 0.05) is 5.56 Å². The number of carbonyl (C=O) groups is 1. The number of para-hydroxylation sites is 1. The van der Waals surface area contributed by atoms with Crippen LogP contribution in [-0.2, 0) is 4.79 Å². The van der Waals surface area contributed by atoms with E-state index in [1.165, 1.54) is 18.2 Å². The van der Waals surface area contributed by atoms with E-state index in [1.807, 2.05) is 27.7 Å². The van der Waals surface area contributed by atoms with Gasteiger partial charge in [-0.15, -0.1) is 13.2 Å². The second kappa shape index (κ2) is 9.70. The van der Waals surface area contributed by atoms with Crippen LogP contribution >= 0.6 is 0 Å². The van der Waals surface area contributed by atoms with E-state index in [-0.39, 0.29) is 18.3 Å². The van der Waals surface area contributed by atoms with Crippen LogP contribution in [0, 0.1) is 0 Å². The zero-order valence-electron chi connectivity index (χ0n) is 15.1. The molecule has 0 bridgehead atoms. The van der Waals surface area contributed by atoms with Crippen LogP contribution in [0.5, 0.6) is 11.5 Å². The van der Waals surface area contributed by atoms with Gasteiger partial charge in [0.2, 0.25) is 0 Å². The van der Waals surface area contributed by atoms with E-state index in [2.05, 4.69) is 10.1 Å². The first kappa shape index (κ1) is 21.3. The van der Waals surface area contributed by atoms with E-state index >= 15 is 0 Å². The number of fused-ring (bicyclic) bond motifs is 1. The third kappa shape index (κ3) is 5.68. The Bertz CT molecular complexity index is 730. The first-order chi connectivity index (χ1) is 12.4. The van der Waals surface area contributed by atoms with Gasteiger partial charge >= 0.3 is 6.36 Å². The van der Waals surface area contributed by atoms with Crippen molar-refractivity contribution in [2.75, 3.05) is 11.9 Å². The molecule has 0 fully saturated rings. The molecule has 4 nitrogen and oxygen atoms in total. The summed E-state index contributed by atoms with van der Waals surface area (Å²) in [7, 11) is 0. The van der Waals surface area contributed by atoms with Crippen molar-refractivity contribution in [3.8, 4) is 22.6 Å². The van der Waals surface area contributed by atoms with Gasteiger partial charge in [0.1, 0.15) is 5.75 Å². The molecule has 1 amide bonds. The number of hydrogen-bond donors (Lipinski definition) is 1. The SMILES string of the molecule is CC.CC.O=C1COc2c(cccc2-c2cccc(OC(F)(F)F)c2)N1. The fraction of sp³-hybridized carbons (Fsp3) is 0.316. The number of nitrogens with one attached hydrogen (secondary N) is 1. The minimum absolute atomic E-state index is 0.136. The van der Waals surface area contributed by atoms with Crippen LogP contribution in [0.15, 0.2) is 42.5 Å². The van der Waals surface area contributed by atoms with E-state index in [9.17, 15) is 18.0 Å². The molecular formula is C19H22F3NO3. The van der Waals surface area contributed by atoms with E-state index in [0.717, 1.165) is 0 Å². The number of carbonyl (C=O) groups excluding carboxylic acids is 1. The Balaban J connectivity index is 0.000000791. The van der Waals surface area contributed by atoms with E-state index < -0.39 is 6.36 Å². The Kier molecular flexibility index (Phi) is 7.96. The zero-order valence-corrected chi connectivity index (χ0v) is 15.1. The van der Waals surface area contributed by atoms with E-state index in [4.69, 9.17) is 4.74 Å². The number of halogens is 3. The van der Waals surface area contributed by atoms with Crippen LogP contribution in [-0.4, -0.2) is 18.9 Å². The van der Waals surface area contributed by atoms with Crippen LogP contribution in [0.2, 0.25) is 0 Å². The maximum Gasteiger partial charge on any atom is 0.573 e.